The topological polar surface area (TPSA) is 25.8 Å². The molecule has 2 nitrogen and oxygen atoms in total. The van der Waals surface area contributed by atoms with Gasteiger partial charge >= 0.3 is 0 Å². The maximum Gasteiger partial charge on any atom is 0.160 e. The van der Waals surface area contributed by atoms with Gasteiger partial charge in [-0.25, -0.2) is 9.97 Å². The highest BCUT2D eigenvalue weighted by Gasteiger charge is 2.37. The standard InChI is InChI=1S/C29H22N2/c1-29(2)24-17-8-6-13-20(24)21-15-10-16-23(26(21)29)27-22-14-7-9-18-25(22)30-28(31-27)19-11-4-3-5-12-19/h3-18H,1-2H3. The lowest BCUT2D eigenvalue weighted by Crippen LogP contribution is -2.16. The molecule has 31 heavy (non-hydrogen) atoms. The molecule has 6 rings (SSSR count). The fourth-order valence-electron chi connectivity index (χ4n) is 5.04. The third-order valence-electron chi connectivity index (χ3n) is 6.47. The zero-order chi connectivity index (χ0) is 21.0. The normalized spacial score (nSPS) is 13.7. The second-order valence-corrected chi connectivity index (χ2v) is 8.68. The summed E-state index contributed by atoms with van der Waals surface area (Å²) >= 11 is 0. The first-order valence-corrected chi connectivity index (χ1v) is 10.7. The van der Waals surface area contributed by atoms with E-state index in [1.807, 2.05) is 24.3 Å². The summed E-state index contributed by atoms with van der Waals surface area (Å²) in [5.74, 6) is 0.764. The van der Waals surface area contributed by atoms with Crippen molar-refractivity contribution in [2.24, 2.45) is 0 Å². The van der Waals surface area contributed by atoms with E-state index in [0.717, 1.165) is 28.0 Å². The average Bonchev–Trinajstić information content (AvgIpc) is 3.06. The quantitative estimate of drug-likeness (QED) is 0.312. The highest BCUT2D eigenvalue weighted by atomic mass is 14.9. The van der Waals surface area contributed by atoms with Crippen LogP contribution < -0.4 is 0 Å². The van der Waals surface area contributed by atoms with Gasteiger partial charge in [-0.2, -0.15) is 0 Å². The molecule has 0 saturated heterocycles. The van der Waals surface area contributed by atoms with Gasteiger partial charge in [-0.1, -0.05) is 105 Å². The first-order valence-electron chi connectivity index (χ1n) is 10.7. The van der Waals surface area contributed by atoms with E-state index in [9.17, 15) is 0 Å². The van der Waals surface area contributed by atoms with Crippen molar-refractivity contribution in [1.29, 1.82) is 0 Å². The maximum atomic E-state index is 5.14. The van der Waals surface area contributed by atoms with Crippen LogP contribution in [0.25, 0.3) is 44.7 Å². The average molecular weight is 399 g/mol. The Morgan fingerprint density at radius 2 is 1.26 bits per heavy atom. The van der Waals surface area contributed by atoms with Gasteiger partial charge in [0.1, 0.15) is 0 Å². The number of hydrogen-bond donors (Lipinski definition) is 0. The minimum absolute atomic E-state index is 0.0958. The summed E-state index contributed by atoms with van der Waals surface area (Å²) in [6.07, 6.45) is 0. The van der Waals surface area contributed by atoms with Crippen LogP contribution >= 0.6 is 0 Å². The van der Waals surface area contributed by atoms with Gasteiger partial charge in [0.15, 0.2) is 5.82 Å². The Balaban J connectivity index is 1.69. The zero-order valence-corrected chi connectivity index (χ0v) is 17.6. The van der Waals surface area contributed by atoms with E-state index in [1.165, 1.54) is 27.8 Å². The monoisotopic (exact) mass is 398 g/mol. The molecule has 4 aromatic carbocycles. The predicted molar refractivity (Wildman–Crippen MR) is 128 cm³/mol. The van der Waals surface area contributed by atoms with Crippen LogP contribution in [0.2, 0.25) is 0 Å². The Labute approximate surface area is 182 Å². The van der Waals surface area contributed by atoms with Crippen LogP contribution in [0, 0.1) is 0 Å². The highest BCUT2D eigenvalue weighted by Crippen LogP contribution is 2.52. The van der Waals surface area contributed by atoms with E-state index in [-0.39, 0.29) is 5.41 Å². The molecular weight excluding hydrogens is 376 g/mol. The van der Waals surface area contributed by atoms with Gasteiger partial charge in [0.2, 0.25) is 0 Å². The van der Waals surface area contributed by atoms with Crippen LogP contribution in [0.4, 0.5) is 0 Å². The third-order valence-corrected chi connectivity index (χ3v) is 6.47. The predicted octanol–water partition coefficient (Wildman–Crippen LogP) is 7.27. The Morgan fingerprint density at radius 1 is 0.581 bits per heavy atom. The summed E-state index contributed by atoms with van der Waals surface area (Å²) in [6, 6.07) is 33.9. The van der Waals surface area contributed by atoms with Gasteiger partial charge in [-0.3, -0.25) is 0 Å². The molecule has 0 aliphatic heterocycles. The lowest BCUT2D eigenvalue weighted by molar-refractivity contribution is 0.662. The Bertz CT molecular complexity index is 1450. The lowest BCUT2D eigenvalue weighted by atomic mass is 9.79. The molecule has 1 heterocycles. The Morgan fingerprint density at radius 3 is 2.13 bits per heavy atom. The van der Waals surface area contributed by atoms with Gasteiger partial charge in [0.25, 0.3) is 0 Å². The molecule has 1 aliphatic carbocycles. The van der Waals surface area contributed by atoms with E-state index in [0.29, 0.717) is 0 Å². The van der Waals surface area contributed by atoms with E-state index >= 15 is 0 Å². The molecule has 0 saturated carbocycles. The zero-order valence-electron chi connectivity index (χ0n) is 17.6. The van der Waals surface area contributed by atoms with Gasteiger partial charge in [-0.05, 0) is 28.3 Å². The molecule has 1 aromatic heterocycles. The second-order valence-electron chi connectivity index (χ2n) is 8.68. The van der Waals surface area contributed by atoms with Crippen molar-refractivity contribution in [3.8, 4) is 33.8 Å². The van der Waals surface area contributed by atoms with Gasteiger partial charge in [0, 0.05) is 21.9 Å². The van der Waals surface area contributed by atoms with Crippen LogP contribution in [0.3, 0.4) is 0 Å². The number of fused-ring (bicyclic) bond motifs is 4. The van der Waals surface area contributed by atoms with Crippen LogP contribution in [0.1, 0.15) is 25.0 Å². The van der Waals surface area contributed by atoms with Crippen LogP contribution in [-0.2, 0) is 5.41 Å². The van der Waals surface area contributed by atoms with Crippen molar-refractivity contribution in [3.05, 3.63) is 108 Å². The highest BCUT2D eigenvalue weighted by molar-refractivity contribution is 5.97. The Kier molecular flexibility index (Phi) is 3.85. The fraction of sp³-hybridized carbons (Fsp3) is 0.103. The number of para-hydroxylation sites is 1. The first kappa shape index (κ1) is 18.0. The molecule has 0 radical (unpaired) electrons. The summed E-state index contributed by atoms with van der Waals surface area (Å²) in [5, 5.41) is 1.09. The number of benzene rings is 4. The molecule has 0 fully saturated rings. The molecule has 148 valence electrons. The largest absolute Gasteiger partial charge is 0.228 e. The van der Waals surface area contributed by atoms with Crippen molar-refractivity contribution < 1.29 is 0 Å². The molecule has 0 atom stereocenters. The first-order chi connectivity index (χ1) is 15.1. The summed E-state index contributed by atoms with van der Waals surface area (Å²) in [7, 11) is 0. The number of hydrogen-bond acceptors (Lipinski definition) is 2. The lowest BCUT2D eigenvalue weighted by Gasteiger charge is -2.24. The summed E-state index contributed by atoms with van der Waals surface area (Å²) in [6.45, 7) is 4.64. The maximum absolute atomic E-state index is 5.14. The van der Waals surface area contributed by atoms with Gasteiger partial charge in [-0.15, -0.1) is 0 Å². The number of nitrogens with zero attached hydrogens (tertiary/aromatic N) is 2. The van der Waals surface area contributed by atoms with Crippen LogP contribution in [0.5, 0.6) is 0 Å². The summed E-state index contributed by atoms with van der Waals surface area (Å²) in [5.41, 5.74) is 9.45. The van der Waals surface area contributed by atoms with Crippen LogP contribution in [0.15, 0.2) is 97.1 Å². The van der Waals surface area contributed by atoms with Gasteiger partial charge in [0.05, 0.1) is 11.2 Å². The number of rotatable bonds is 2. The third kappa shape index (κ3) is 2.65. The van der Waals surface area contributed by atoms with Gasteiger partial charge < -0.3 is 0 Å². The van der Waals surface area contributed by atoms with E-state index < -0.39 is 0 Å². The van der Waals surface area contributed by atoms with Crippen molar-refractivity contribution >= 4 is 10.9 Å². The molecule has 0 spiro atoms. The summed E-state index contributed by atoms with van der Waals surface area (Å²) < 4.78 is 0. The molecule has 0 N–H and O–H groups in total. The Hall–Kier alpha value is -3.78. The minimum Gasteiger partial charge on any atom is -0.228 e. The van der Waals surface area contributed by atoms with E-state index in [1.54, 1.807) is 0 Å². The second kappa shape index (κ2) is 6.61. The van der Waals surface area contributed by atoms with E-state index in [4.69, 9.17) is 9.97 Å². The minimum atomic E-state index is -0.0958. The molecule has 5 aromatic rings. The van der Waals surface area contributed by atoms with E-state index in [2.05, 4.69) is 86.6 Å². The molecule has 1 aliphatic rings. The molecular formula is C29H22N2. The van der Waals surface area contributed by atoms with Crippen molar-refractivity contribution in [3.63, 3.8) is 0 Å². The van der Waals surface area contributed by atoms with Crippen molar-refractivity contribution in [2.45, 2.75) is 19.3 Å². The fourth-order valence-corrected chi connectivity index (χ4v) is 5.04. The van der Waals surface area contributed by atoms with Crippen molar-refractivity contribution in [1.82, 2.24) is 9.97 Å². The summed E-state index contributed by atoms with van der Waals surface area (Å²) in [4.78, 5) is 10.0. The van der Waals surface area contributed by atoms with Crippen molar-refractivity contribution in [2.75, 3.05) is 0 Å². The number of aromatic nitrogens is 2. The molecule has 2 heteroatoms. The SMILES string of the molecule is CC1(C)c2ccccc2-c2cccc(-c3nc(-c4ccccc4)nc4ccccc34)c21. The molecule has 0 amide bonds. The molecule has 0 unspecified atom stereocenters. The molecule has 0 bridgehead atoms. The smallest absolute Gasteiger partial charge is 0.160 e. The van der Waals surface area contributed by atoms with Crippen LogP contribution in [-0.4, -0.2) is 9.97 Å².